The highest BCUT2D eigenvalue weighted by Crippen LogP contribution is 2.24. The first-order valence-corrected chi connectivity index (χ1v) is 7.26. The van der Waals surface area contributed by atoms with Gasteiger partial charge in [0.15, 0.2) is 5.78 Å². The van der Waals surface area contributed by atoms with E-state index in [1.807, 2.05) is 18.2 Å². The molecule has 0 amide bonds. The Morgan fingerprint density at radius 2 is 1.95 bits per heavy atom. The van der Waals surface area contributed by atoms with Gasteiger partial charge >= 0.3 is 0 Å². The smallest absolute Gasteiger partial charge is 0.189 e. The molecule has 0 radical (unpaired) electrons. The van der Waals surface area contributed by atoms with Gasteiger partial charge in [0.25, 0.3) is 0 Å². The molecule has 2 rings (SSSR count). The third-order valence-corrected chi connectivity index (χ3v) is 3.02. The van der Waals surface area contributed by atoms with E-state index in [4.69, 9.17) is 4.74 Å². The van der Waals surface area contributed by atoms with E-state index in [1.165, 1.54) is 24.3 Å². The number of phenols is 2. The monoisotopic (exact) mass is 348 g/mol. The molecular weight excluding hydrogens is 336 g/mol. The zero-order valence-corrected chi connectivity index (χ0v) is 12.6. The highest BCUT2D eigenvalue weighted by Gasteiger charge is 2.09. The summed E-state index contributed by atoms with van der Waals surface area (Å²) in [5.74, 6) is -0.0179. The number of para-hydroxylation sites is 1. The molecule has 0 aliphatic rings. The number of aromatic hydroxyl groups is 2. The second-order valence-corrected chi connectivity index (χ2v) is 4.65. The van der Waals surface area contributed by atoms with Crippen LogP contribution in [0.15, 0.2) is 48.5 Å². The molecule has 5 heteroatoms. The Kier molecular flexibility index (Phi) is 5.00. The zero-order chi connectivity index (χ0) is 15.2. The number of carbonyl (C=O) groups is 1. The number of hydrogen-bond donors (Lipinski definition) is 2. The average molecular weight is 349 g/mol. The third-order valence-electron chi connectivity index (χ3n) is 2.79. The molecule has 0 aliphatic heterocycles. The van der Waals surface area contributed by atoms with Gasteiger partial charge in [-0.25, -0.2) is 0 Å². The van der Waals surface area contributed by atoms with Crippen LogP contribution < -0.4 is 4.74 Å². The topological polar surface area (TPSA) is 66.8 Å². The van der Waals surface area contributed by atoms with Crippen LogP contribution in [0, 0.1) is 0 Å². The first kappa shape index (κ1) is 15.1. The quantitative estimate of drug-likeness (QED) is 0.374. The molecule has 0 unspecified atom stereocenters. The van der Waals surface area contributed by atoms with Crippen LogP contribution in [0.4, 0.5) is 0 Å². The normalized spacial score (nSPS) is 10.7. The van der Waals surface area contributed by atoms with Gasteiger partial charge in [0, 0.05) is 5.56 Å². The van der Waals surface area contributed by atoms with Gasteiger partial charge in [0.1, 0.15) is 22.8 Å². The molecule has 0 aromatic heterocycles. The van der Waals surface area contributed by atoms with E-state index in [9.17, 15) is 15.0 Å². The second-order valence-electron chi connectivity index (χ2n) is 4.19. The first-order chi connectivity index (χ1) is 10.1. The number of alkyl halides is 1. The van der Waals surface area contributed by atoms with E-state index < -0.39 is 5.78 Å². The minimum Gasteiger partial charge on any atom is -0.508 e. The molecule has 21 heavy (non-hydrogen) atoms. The van der Waals surface area contributed by atoms with Crippen molar-refractivity contribution >= 4 is 27.8 Å². The molecular formula is C16H13BrO4. The summed E-state index contributed by atoms with van der Waals surface area (Å²) in [6.45, 7) is 0. The fourth-order valence-corrected chi connectivity index (χ4v) is 2.03. The molecule has 0 atom stereocenters. The number of hydrogen-bond acceptors (Lipinski definition) is 4. The van der Waals surface area contributed by atoms with Crippen LogP contribution in [-0.4, -0.2) is 21.5 Å². The third kappa shape index (κ3) is 3.86. The number of halogens is 1. The van der Waals surface area contributed by atoms with Crippen molar-refractivity contribution < 1.29 is 19.7 Å². The maximum absolute atomic E-state index is 12.1. The highest BCUT2D eigenvalue weighted by atomic mass is 79.9. The fraction of sp³-hybridized carbons (Fsp3) is 0.0625. The van der Waals surface area contributed by atoms with Crippen LogP contribution in [0.3, 0.4) is 0 Å². The highest BCUT2D eigenvalue weighted by molar-refractivity contribution is 9.09. The summed E-state index contributed by atoms with van der Waals surface area (Å²) in [5.41, 5.74) is 1.13. The van der Waals surface area contributed by atoms with Crippen LogP contribution in [0.5, 0.6) is 17.2 Å². The largest absolute Gasteiger partial charge is 0.508 e. The number of ether oxygens (including phenoxy) is 1. The number of phenolic OH excluding ortho intramolecular Hbond substituents is 2. The molecule has 108 valence electrons. The van der Waals surface area contributed by atoms with E-state index in [1.54, 1.807) is 12.1 Å². The van der Waals surface area contributed by atoms with Crippen LogP contribution in [-0.2, 0) is 0 Å². The van der Waals surface area contributed by atoms with Crippen LogP contribution in [0.1, 0.15) is 15.9 Å². The Morgan fingerprint density at radius 1 is 1.19 bits per heavy atom. The van der Waals surface area contributed by atoms with Gasteiger partial charge in [-0.05, 0) is 52.3 Å². The van der Waals surface area contributed by atoms with Gasteiger partial charge in [0.05, 0.1) is 5.56 Å². The summed E-state index contributed by atoms with van der Waals surface area (Å²) in [4.78, 5) is 12.1. The maximum atomic E-state index is 12.1. The lowest BCUT2D eigenvalue weighted by Crippen LogP contribution is -1.95. The Bertz CT molecular complexity index is 680. The number of ketones is 1. The fourth-order valence-electron chi connectivity index (χ4n) is 1.79. The molecule has 0 heterocycles. The predicted octanol–water partition coefficient (Wildman–Crippen LogP) is 3.73. The van der Waals surface area contributed by atoms with Crippen molar-refractivity contribution in [1.29, 1.82) is 0 Å². The lowest BCUT2D eigenvalue weighted by atomic mass is 10.1. The standard InChI is InChI=1S/C16H13BrO4/c17-10-21-16-4-2-1-3-11(16)5-7-14(19)13-9-12(18)6-8-15(13)20/h1-9,18,20H,10H2/b7-5+. The van der Waals surface area contributed by atoms with Crippen molar-refractivity contribution in [3.63, 3.8) is 0 Å². The molecule has 2 aromatic rings. The van der Waals surface area contributed by atoms with Crippen LogP contribution in [0.25, 0.3) is 6.08 Å². The van der Waals surface area contributed by atoms with Gasteiger partial charge in [-0.1, -0.05) is 18.2 Å². The Morgan fingerprint density at radius 3 is 2.71 bits per heavy atom. The van der Waals surface area contributed by atoms with Crippen LogP contribution in [0.2, 0.25) is 0 Å². The number of rotatable bonds is 5. The van der Waals surface area contributed by atoms with Gasteiger partial charge in [-0.2, -0.15) is 0 Å². The SMILES string of the molecule is O=C(/C=C/c1ccccc1OCBr)c1cc(O)ccc1O. The van der Waals surface area contributed by atoms with Crippen LogP contribution >= 0.6 is 15.9 Å². The Balaban J connectivity index is 2.25. The number of allylic oxidation sites excluding steroid dienone is 1. The molecule has 0 saturated heterocycles. The summed E-state index contributed by atoms with van der Waals surface area (Å²) >= 11 is 3.18. The molecule has 2 N–H and O–H groups in total. The Hall–Kier alpha value is -2.27. The van der Waals surface area contributed by atoms with E-state index in [0.29, 0.717) is 11.3 Å². The zero-order valence-electron chi connectivity index (χ0n) is 11.0. The molecule has 0 spiro atoms. The van der Waals surface area contributed by atoms with Crippen molar-refractivity contribution in [3.05, 3.63) is 59.7 Å². The molecule has 0 saturated carbocycles. The summed E-state index contributed by atoms with van der Waals surface area (Å²) in [7, 11) is 0. The van der Waals surface area contributed by atoms with Crippen molar-refractivity contribution in [2.75, 3.05) is 5.52 Å². The van der Waals surface area contributed by atoms with Gasteiger partial charge in [-0.3, -0.25) is 4.79 Å². The lowest BCUT2D eigenvalue weighted by molar-refractivity contribution is 0.104. The van der Waals surface area contributed by atoms with Gasteiger partial charge < -0.3 is 14.9 Å². The minimum atomic E-state index is -0.406. The van der Waals surface area contributed by atoms with E-state index in [2.05, 4.69) is 15.9 Å². The molecule has 0 aliphatic carbocycles. The predicted molar refractivity (Wildman–Crippen MR) is 84.0 cm³/mol. The molecule has 4 nitrogen and oxygen atoms in total. The van der Waals surface area contributed by atoms with Gasteiger partial charge in [-0.15, -0.1) is 0 Å². The maximum Gasteiger partial charge on any atom is 0.189 e. The summed E-state index contributed by atoms with van der Waals surface area (Å²) < 4.78 is 5.38. The van der Waals surface area contributed by atoms with E-state index >= 15 is 0 Å². The lowest BCUT2D eigenvalue weighted by Gasteiger charge is -2.05. The molecule has 2 aromatic carbocycles. The first-order valence-electron chi connectivity index (χ1n) is 6.14. The summed E-state index contributed by atoms with van der Waals surface area (Å²) in [5, 5.41) is 19.0. The van der Waals surface area contributed by atoms with Crippen molar-refractivity contribution in [3.8, 4) is 17.2 Å². The number of benzene rings is 2. The summed E-state index contributed by atoms with van der Waals surface area (Å²) in [6.07, 6.45) is 2.93. The van der Waals surface area contributed by atoms with Crippen molar-refractivity contribution in [2.24, 2.45) is 0 Å². The Labute approximate surface area is 130 Å². The molecule has 0 fully saturated rings. The molecule has 0 bridgehead atoms. The summed E-state index contributed by atoms with van der Waals surface area (Å²) in [6, 6.07) is 11.1. The average Bonchev–Trinajstić information content (AvgIpc) is 2.49. The number of carbonyl (C=O) groups excluding carboxylic acids is 1. The van der Waals surface area contributed by atoms with Gasteiger partial charge in [0.2, 0.25) is 0 Å². The second kappa shape index (κ2) is 6.95. The van der Waals surface area contributed by atoms with Crippen molar-refractivity contribution in [2.45, 2.75) is 0 Å². The van der Waals surface area contributed by atoms with E-state index in [-0.39, 0.29) is 17.1 Å². The minimum absolute atomic E-state index is 0.0464. The van der Waals surface area contributed by atoms with E-state index in [0.717, 1.165) is 5.56 Å². The van der Waals surface area contributed by atoms with Crippen molar-refractivity contribution in [1.82, 2.24) is 0 Å².